The maximum Gasteiger partial charge on any atom is 0.123 e. The van der Waals surface area contributed by atoms with Crippen LogP contribution >= 0.6 is 0 Å². The van der Waals surface area contributed by atoms with Crippen molar-refractivity contribution < 1.29 is 4.39 Å². The van der Waals surface area contributed by atoms with Gasteiger partial charge in [-0.05, 0) is 49.0 Å². The summed E-state index contributed by atoms with van der Waals surface area (Å²) in [6, 6.07) is 6.85. The number of benzene rings is 1. The molecule has 0 saturated carbocycles. The van der Waals surface area contributed by atoms with Gasteiger partial charge in [0.2, 0.25) is 0 Å². The third kappa shape index (κ3) is 3.93. The number of nitrogens with one attached hydrogen (secondary N) is 1. The Morgan fingerprint density at radius 2 is 1.81 bits per heavy atom. The molecular weight excluding hydrogens is 201 g/mol. The van der Waals surface area contributed by atoms with Crippen molar-refractivity contribution in [1.29, 1.82) is 0 Å². The highest BCUT2D eigenvalue weighted by Gasteiger charge is 2.13. The molecule has 16 heavy (non-hydrogen) atoms. The Hall–Kier alpha value is -0.890. The fraction of sp³-hybridized carbons (Fsp3) is 0.571. The quantitative estimate of drug-likeness (QED) is 0.727. The van der Waals surface area contributed by atoms with E-state index < -0.39 is 0 Å². The molecule has 1 rings (SSSR count). The van der Waals surface area contributed by atoms with Gasteiger partial charge < -0.3 is 5.32 Å². The molecule has 2 atom stereocenters. The second-order valence-electron chi connectivity index (χ2n) is 4.52. The Labute approximate surface area is 98.1 Å². The zero-order chi connectivity index (χ0) is 12.0. The summed E-state index contributed by atoms with van der Waals surface area (Å²) in [6.07, 6.45) is 1.16. The summed E-state index contributed by atoms with van der Waals surface area (Å²) in [5.74, 6) is 0.870. The molecule has 0 radical (unpaired) electrons. The van der Waals surface area contributed by atoms with Gasteiger partial charge in [-0.25, -0.2) is 4.39 Å². The van der Waals surface area contributed by atoms with E-state index in [1.807, 2.05) is 12.1 Å². The maximum absolute atomic E-state index is 12.8. The fourth-order valence-corrected chi connectivity index (χ4v) is 1.78. The highest BCUT2D eigenvalue weighted by Crippen LogP contribution is 2.23. The average Bonchev–Trinajstić information content (AvgIpc) is 2.29. The van der Waals surface area contributed by atoms with Crippen molar-refractivity contribution in [2.24, 2.45) is 5.92 Å². The lowest BCUT2D eigenvalue weighted by molar-refractivity contribution is 0.447. The summed E-state index contributed by atoms with van der Waals surface area (Å²) in [7, 11) is 0. The first-order chi connectivity index (χ1) is 7.65. The van der Waals surface area contributed by atoms with E-state index in [4.69, 9.17) is 0 Å². The first-order valence-corrected chi connectivity index (χ1v) is 6.11. The molecule has 0 aliphatic carbocycles. The summed E-state index contributed by atoms with van der Waals surface area (Å²) in [5, 5.41) is 3.42. The lowest BCUT2D eigenvalue weighted by atomic mass is 9.89. The molecule has 90 valence electrons. The van der Waals surface area contributed by atoms with Crippen LogP contribution in [0.2, 0.25) is 0 Å². The van der Waals surface area contributed by atoms with Gasteiger partial charge in [-0.2, -0.15) is 0 Å². The standard InChI is InChI=1S/C14H22FN/c1-4-9-16-10-11(2)12(3)13-5-7-14(15)8-6-13/h5-8,11-12,16H,4,9-10H2,1-3H3. The SMILES string of the molecule is CCCNCC(C)C(C)c1ccc(F)cc1. The van der Waals surface area contributed by atoms with Crippen LogP contribution in [0.5, 0.6) is 0 Å². The third-order valence-electron chi connectivity index (χ3n) is 3.14. The molecule has 0 fully saturated rings. The Morgan fingerprint density at radius 3 is 2.38 bits per heavy atom. The van der Waals surface area contributed by atoms with Crippen LogP contribution < -0.4 is 5.32 Å². The highest BCUT2D eigenvalue weighted by molar-refractivity contribution is 5.20. The van der Waals surface area contributed by atoms with Crippen LogP contribution in [0.3, 0.4) is 0 Å². The molecule has 0 spiro atoms. The van der Waals surface area contributed by atoms with Crippen LogP contribution in [-0.2, 0) is 0 Å². The van der Waals surface area contributed by atoms with Gasteiger partial charge in [-0.3, -0.25) is 0 Å². The predicted octanol–water partition coefficient (Wildman–Crippen LogP) is 3.56. The first kappa shape index (κ1) is 13.2. The van der Waals surface area contributed by atoms with E-state index >= 15 is 0 Å². The van der Waals surface area contributed by atoms with E-state index in [2.05, 4.69) is 26.1 Å². The summed E-state index contributed by atoms with van der Waals surface area (Å²) < 4.78 is 12.8. The predicted molar refractivity (Wildman–Crippen MR) is 67.1 cm³/mol. The molecule has 0 aliphatic heterocycles. The second kappa shape index (κ2) is 6.64. The van der Waals surface area contributed by atoms with Gasteiger partial charge in [-0.1, -0.05) is 32.9 Å². The maximum atomic E-state index is 12.8. The zero-order valence-electron chi connectivity index (χ0n) is 10.5. The summed E-state index contributed by atoms with van der Waals surface area (Å²) in [6.45, 7) is 8.69. The van der Waals surface area contributed by atoms with Gasteiger partial charge in [-0.15, -0.1) is 0 Å². The van der Waals surface area contributed by atoms with Gasteiger partial charge in [0.15, 0.2) is 0 Å². The third-order valence-corrected chi connectivity index (χ3v) is 3.14. The summed E-state index contributed by atoms with van der Waals surface area (Å²) in [5.41, 5.74) is 1.21. The van der Waals surface area contributed by atoms with Crippen LogP contribution in [-0.4, -0.2) is 13.1 Å². The van der Waals surface area contributed by atoms with Gasteiger partial charge in [0.1, 0.15) is 5.82 Å². The van der Waals surface area contributed by atoms with E-state index in [1.54, 1.807) is 0 Å². The highest BCUT2D eigenvalue weighted by atomic mass is 19.1. The molecule has 1 aromatic rings. The van der Waals surface area contributed by atoms with Crippen molar-refractivity contribution >= 4 is 0 Å². The van der Waals surface area contributed by atoms with E-state index in [1.165, 1.54) is 17.7 Å². The Morgan fingerprint density at radius 1 is 1.19 bits per heavy atom. The van der Waals surface area contributed by atoms with E-state index in [-0.39, 0.29) is 5.82 Å². The van der Waals surface area contributed by atoms with Crippen molar-refractivity contribution in [3.05, 3.63) is 35.6 Å². The van der Waals surface area contributed by atoms with Gasteiger partial charge in [0.25, 0.3) is 0 Å². The van der Waals surface area contributed by atoms with E-state index in [0.717, 1.165) is 19.5 Å². The second-order valence-corrected chi connectivity index (χ2v) is 4.52. The molecule has 0 saturated heterocycles. The van der Waals surface area contributed by atoms with E-state index in [9.17, 15) is 4.39 Å². The van der Waals surface area contributed by atoms with Gasteiger partial charge >= 0.3 is 0 Å². The van der Waals surface area contributed by atoms with Crippen molar-refractivity contribution in [2.45, 2.75) is 33.1 Å². The molecule has 0 aromatic heterocycles. The number of hydrogen-bond acceptors (Lipinski definition) is 1. The van der Waals surface area contributed by atoms with Crippen molar-refractivity contribution in [2.75, 3.05) is 13.1 Å². The normalized spacial score (nSPS) is 14.8. The monoisotopic (exact) mass is 223 g/mol. The van der Waals surface area contributed by atoms with Crippen molar-refractivity contribution in [1.82, 2.24) is 5.32 Å². The summed E-state index contributed by atoms with van der Waals surface area (Å²) >= 11 is 0. The Balaban J connectivity index is 2.49. The Bertz CT molecular complexity index is 294. The lowest BCUT2D eigenvalue weighted by Gasteiger charge is -2.20. The smallest absolute Gasteiger partial charge is 0.123 e. The largest absolute Gasteiger partial charge is 0.316 e. The van der Waals surface area contributed by atoms with Crippen LogP contribution in [0.15, 0.2) is 24.3 Å². The Kier molecular flexibility index (Phi) is 5.47. The number of hydrogen-bond donors (Lipinski definition) is 1. The molecule has 1 N–H and O–H groups in total. The van der Waals surface area contributed by atoms with Crippen LogP contribution in [0, 0.1) is 11.7 Å². The molecule has 1 nitrogen and oxygen atoms in total. The first-order valence-electron chi connectivity index (χ1n) is 6.11. The van der Waals surface area contributed by atoms with Crippen molar-refractivity contribution in [3.63, 3.8) is 0 Å². The minimum atomic E-state index is -0.160. The van der Waals surface area contributed by atoms with E-state index in [0.29, 0.717) is 11.8 Å². The molecule has 0 bridgehead atoms. The van der Waals surface area contributed by atoms with Gasteiger partial charge in [0.05, 0.1) is 0 Å². The minimum Gasteiger partial charge on any atom is -0.316 e. The van der Waals surface area contributed by atoms with Crippen LogP contribution in [0.4, 0.5) is 4.39 Å². The fourth-order valence-electron chi connectivity index (χ4n) is 1.78. The minimum absolute atomic E-state index is 0.160. The van der Waals surface area contributed by atoms with Crippen LogP contribution in [0.1, 0.15) is 38.7 Å². The lowest BCUT2D eigenvalue weighted by Crippen LogP contribution is -2.25. The average molecular weight is 223 g/mol. The molecular formula is C14H22FN. The summed E-state index contributed by atoms with van der Waals surface area (Å²) in [4.78, 5) is 0. The number of rotatable bonds is 6. The molecule has 1 aromatic carbocycles. The molecule has 2 heteroatoms. The van der Waals surface area contributed by atoms with Gasteiger partial charge in [0, 0.05) is 0 Å². The molecule has 0 heterocycles. The number of halogens is 1. The molecule has 2 unspecified atom stereocenters. The molecule has 0 aliphatic rings. The topological polar surface area (TPSA) is 12.0 Å². The van der Waals surface area contributed by atoms with Crippen LogP contribution in [0.25, 0.3) is 0 Å². The molecule has 0 amide bonds. The zero-order valence-corrected chi connectivity index (χ0v) is 10.5. The van der Waals surface area contributed by atoms with Crippen molar-refractivity contribution in [3.8, 4) is 0 Å².